The number of nitrogens with two attached hydrogens (primary N) is 2. The van der Waals surface area contributed by atoms with Crippen LogP contribution in [0.3, 0.4) is 0 Å². The second-order valence-corrected chi connectivity index (χ2v) is 8.70. The number of rotatable bonds is 9. The van der Waals surface area contributed by atoms with Gasteiger partial charge in [0.05, 0.1) is 0 Å². The summed E-state index contributed by atoms with van der Waals surface area (Å²) in [4.78, 5) is 0. The molecule has 0 amide bonds. The summed E-state index contributed by atoms with van der Waals surface area (Å²) < 4.78 is 0. The zero-order valence-corrected chi connectivity index (χ0v) is 21.8. The number of benzene rings is 4. The van der Waals surface area contributed by atoms with Crippen molar-refractivity contribution in [3.05, 3.63) is 154 Å². The Morgan fingerprint density at radius 2 is 0.722 bits per heavy atom. The molecule has 0 saturated heterocycles. The van der Waals surface area contributed by atoms with Gasteiger partial charge in [-0.1, -0.05) is 146 Å². The maximum Gasteiger partial charge on any atom is 1.00 e. The standard InChI is InChI=1S/C30H32N4.2Li/c1-23(25-15-7-3-8-16-25)33-29(31,27-19-11-5-12-20-27)30(32,28-21-13-6-14-22-28)34-24(2)26-17-9-4-10-18-26;;/h3-24H,31-32H2,1-2H3;;/q-2;2*+1/t23-,24-,29-,30-;;/m1../s1. The Balaban J connectivity index is 0.00000228. The van der Waals surface area contributed by atoms with Crippen molar-refractivity contribution in [2.75, 3.05) is 0 Å². The predicted molar refractivity (Wildman–Crippen MR) is 141 cm³/mol. The van der Waals surface area contributed by atoms with E-state index in [2.05, 4.69) is 24.3 Å². The zero-order valence-electron chi connectivity index (χ0n) is 21.8. The molecule has 0 saturated carbocycles. The molecule has 0 spiro atoms. The van der Waals surface area contributed by atoms with Crippen molar-refractivity contribution in [3.63, 3.8) is 0 Å². The van der Waals surface area contributed by atoms with Crippen LogP contribution < -0.4 is 49.2 Å². The van der Waals surface area contributed by atoms with Gasteiger partial charge in [0.15, 0.2) is 0 Å². The first-order chi connectivity index (χ1) is 16.4. The van der Waals surface area contributed by atoms with E-state index in [0.29, 0.717) is 0 Å². The summed E-state index contributed by atoms with van der Waals surface area (Å²) in [6, 6.07) is 39.6. The van der Waals surface area contributed by atoms with Gasteiger partial charge in [0.1, 0.15) is 0 Å². The van der Waals surface area contributed by atoms with Gasteiger partial charge in [-0.3, -0.25) is 0 Å². The summed E-state index contributed by atoms with van der Waals surface area (Å²) in [6.07, 6.45) is 0. The molecule has 0 fully saturated rings. The molecule has 0 aliphatic carbocycles. The Morgan fingerprint density at radius 1 is 0.472 bits per heavy atom. The summed E-state index contributed by atoms with van der Waals surface area (Å²) in [5.41, 5.74) is 15.7. The molecular formula is C30H32Li2N4. The van der Waals surface area contributed by atoms with Crippen LogP contribution in [0.25, 0.3) is 10.6 Å². The average Bonchev–Trinajstić information content (AvgIpc) is 2.90. The Morgan fingerprint density at radius 3 is 1.00 bits per heavy atom. The van der Waals surface area contributed by atoms with Crippen molar-refractivity contribution < 1.29 is 37.7 Å². The van der Waals surface area contributed by atoms with Crippen molar-refractivity contribution >= 4 is 0 Å². The van der Waals surface area contributed by atoms with Crippen LogP contribution in [0, 0.1) is 0 Å². The van der Waals surface area contributed by atoms with Gasteiger partial charge in [0, 0.05) is 0 Å². The van der Waals surface area contributed by atoms with Crippen LogP contribution in [0.2, 0.25) is 0 Å². The summed E-state index contributed by atoms with van der Waals surface area (Å²) >= 11 is 0. The van der Waals surface area contributed by atoms with Gasteiger partial charge in [0.25, 0.3) is 0 Å². The van der Waals surface area contributed by atoms with Crippen molar-refractivity contribution in [2.24, 2.45) is 11.5 Å². The van der Waals surface area contributed by atoms with Crippen molar-refractivity contribution in [3.8, 4) is 0 Å². The molecule has 0 radical (unpaired) electrons. The first-order valence-corrected chi connectivity index (χ1v) is 11.7. The van der Waals surface area contributed by atoms with E-state index >= 15 is 0 Å². The molecule has 4 nitrogen and oxygen atoms in total. The molecule has 4 rings (SSSR count). The number of hydrogen-bond acceptors (Lipinski definition) is 2. The first kappa shape index (κ1) is 30.1. The second-order valence-electron chi connectivity index (χ2n) is 8.70. The minimum Gasteiger partial charge on any atom is -0.634 e. The maximum atomic E-state index is 7.31. The maximum absolute atomic E-state index is 7.31. The monoisotopic (exact) mass is 462 g/mol. The van der Waals surface area contributed by atoms with E-state index in [0.717, 1.165) is 22.3 Å². The smallest absolute Gasteiger partial charge is 0.634 e. The van der Waals surface area contributed by atoms with E-state index in [-0.39, 0.29) is 49.8 Å². The van der Waals surface area contributed by atoms with E-state index in [4.69, 9.17) is 22.1 Å². The normalized spacial score (nSPS) is 15.8. The van der Waals surface area contributed by atoms with Crippen LogP contribution in [0.5, 0.6) is 0 Å². The van der Waals surface area contributed by atoms with Gasteiger partial charge >= 0.3 is 37.7 Å². The molecule has 6 heteroatoms. The van der Waals surface area contributed by atoms with Crippen LogP contribution in [-0.4, -0.2) is 0 Å². The Bertz CT molecular complexity index is 1070. The fourth-order valence-corrected chi connectivity index (χ4v) is 4.39. The summed E-state index contributed by atoms with van der Waals surface area (Å²) in [6.45, 7) is 4.10. The van der Waals surface area contributed by atoms with Crippen molar-refractivity contribution in [1.29, 1.82) is 0 Å². The van der Waals surface area contributed by atoms with Gasteiger partial charge in [-0.05, 0) is 22.5 Å². The summed E-state index contributed by atoms with van der Waals surface area (Å²) in [7, 11) is 0. The molecule has 174 valence electrons. The third kappa shape index (κ3) is 6.42. The molecule has 4 aromatic rings. The molecule has 4 atom stereocenters. The Hall–Kier alpha value is -2.09. The van der Waals surface area contributed by atoms with Gasteiger partial charge in [-0.15, -0.1) is 12.1 Å². The molecule has 0 heterocycles. The van der Waals surface area contributed by atoms with Crippen molar-refractivity contribution in [2.45, 2.75) is 37.3 Å². The topological polar surface area (TPSA) is 80.2 Å². The summed E-state index contributed by atoms with van der Waals surface area (Å²) in [5.74, 6) is 0. The molecule has 0 bridgehead atoms. The van der Waals surface area contributed by atoms with E-state index in [9.17, 15) is 0 Å². The van der Waals surface area contributed by atoms with E-state index in [1.807, 2.05) is 111 Å². The fraction of sp³-hybridized carbons (Fsp3) is 0.200. The van der Waals surface area contributed by atoms with Gasteiger partial charge < -0.3 is 22.1 Å². The molecule has 0 aliphatic rings. The third-order valence-corrected chi connectivity index (χ3v) is 6.37. The van der Waals surface area contributed by atoms with Gasteiger partial charge in [-0.25, -0.2) is 0 Å². The number of hydrogen-bond donors (Lipinski definition) is 2. The molecule has 0 aliphatic heterocycles. The molecule has 36 heavy (non-hydrogen) atoms. The SMILES string of the molecule is C[C@@H]([N-][C@](N)(c1ccccc1)[C@](N)([N-][C@H](C)c1ccccc1)c1ccccc1)c1ccccc1.[Li+].[Li+]. The minimum atomic E-state index is -1.33. The largest absolute Gasteiger partial charge is 1.00 e. The van der Waals surface area contributed by atoms with Crippen LogP contribution in [0.1, 0.15) is 48.2 Å². The minimum absolute atomic E-state index is 0. The Labute approximate surface area is 239 Å². The molecule has 0 unspecified atom stereocenters. The zero-order chi connectivity index (χ0) is 24.0. The fourth-order valence-electron chi connectivity index (χ4n) is 4.39. The average molecular weight is 462 g/mol. The quantitative estimate of drug-likeness (QED) is 0.363. The molecule has 0 aromatic heterocycles. The van der Waals surface area contributed by atoms with Gasteiger partial charge in [0.2, 0.25) is 0 Å². The van der Waals surface area contributed by atoms with E-state index < -0.39 is 11.3 Å². The van der Waals surface area contributed by atoms with Gasteiger partial charge in [-0.2, -0.15) is 0 Å². The number of nitrogens with zero attached hydrogens (tertiary/aromatic N) is 2. The Kier molecular flexibility index (Phi) is 11.3. The van der Waals surface area contributed by atoms with E-state index in [1.54, 1.807) is 0 Å². The van der Waals surface area contributed by atoms with Crippen molar-refractivity contribution in [1.82, 2.24) is 0 Å². The molecular weight excluding hydrogens is 430 g/mol. The van der Waals surface area contributed by atoms with Crippen LogP contribution >= 0.6 is 0 Å². The molecule has 4 aromatic carbocycles. The second kappa shape index (κ2) is 13.5. The first-order valence-electron chi connectivity index (χ1n) is 11.7. The van der Waals surface area contributed by atoms with E-state index in [1.165, 1.54) is 0 Å². The van der Waals surface area contributed by atoms with Crippen LogP contribution in [0.4, 0.5) is 0 Å². The van der Waals surface area contributed by atoms with Crippen LogP contribution in [0.15, 0.2) is 121 Å². The third-order valence-electron chi connectivity index (χ3n) is 6.37. The van der Waals surface area contributed by atoms with Crippen LogP contribution in [-0.2, 0) is 11.3 Å². The molecule has 4 N–H and O–H groups in total. The summed E-state index contributed by atoms with van der Waals surface area (Å²) in [5, 5.41) is 10.4. The predicted octanol–water partition coefficient (Wildman–Crippen LogP) is 0.888.